The van der Waals surface area contributed by atoms with Crippen LogP contribution in [0.15, 0.2) is 91.0 Å². The van der Waals surface area contributed by atoms with Crippen molar-refractivity contribution in [2.24, 2.45) is 0 Å². The SMILES string of the molecule is CO[Si](CC([SiH3])(C[Si](OC)(OC)c1ccccc1)C[Si](OC)(OC)c1ccccc1)(OC)c1ccccc1. The van der Waals surface area contributed by atoms with Gasteiger partial charge in [-0.2, -0.15) is 0 Å². The van der Waals surface area contributed by atoms with Gasteiger partial charge in [0.05, 0.1) is 0 Å². The molecule has 206 valence electrons. The summed E-state index contributed by atoms with van der Waals surface area (Å²) in [5.74, 6) is 0. The molecule has 0 fully saturated rings. The van der Waals surface area contributed by atoms with Gasteiger partial charge in [0.1, 0.15) is 0 Å². The average Bonchev–Trinajstić information content (AvgIpc) is 2.99. The number of hydrogen-bond acceptors (Lipinski definition) is 6. The fourth-order valence-electron chi connectivity index (χ4n) is 5.65. The summed E-state index contributed by atoms with van der Waals surface area (Å²) in [4.78, 5) is 0. The molecule has 0 spiro atoms. The van der Waals surface area contributed by atoms with Crippen molar-refractivity contribution in [3.05, 3.63) is 91.0 Å². The predicted octanol–water partition coefficient (Wildman–Crippen LogP) is 2.44. The Bertz CT molecular complexity index is 953. The van der Waals surface area contributed by atoms with E-state index in [0.29, 0.717) is 0 Å². The molecule has 0 saturated carbocycles. The Morgan fingerprint density at radius 1 is 0.447 bits per heavy atom. The Kier molecular flexibility index (Phi) is 11.0. The molecule has 0 aliphatic carbocycles. The van der Waals surface area contributed by atoms with Gasteiger partial charge in [-0.1, -0.05) is 91.0 Å². The molecule has 0 bridgehead atoms. The summed E-state index contributed by atoms with van der Waals surface area (Å²) in [5, 5.41) is 3.06. The van der Waals surface area contributed by atoms with E-state index < -0.39 is 25.7 Å². The Hall–Kier alpha value is -1.71. The van der Waals surface area contributed by atoms with Crippen molar-refractivity contribution in [2.75, 3.05) is 42.7 Å². The molecule has 10 heteroatoms. The summed E-state index contributed by atoms with van der Waals surface area (Å²) in [5.41, 5.74) is 0. The summed E-state index contributed by atoms with van der Waals surface area (Å²) in [6.07, 6.45) is 0. The van der Waals surface area contributed by atoms with Gasteiger partial charge in [0.25, 0.3) is 0 Å². The Labute approximate surface area is 234 Å². The van der Waals surface area contributed by atoms with Crippen LogP contribution >= 0.6 is 0 Å². The average molecular weight is 587 g/mol. The molecule has 38 heavy (non-hydrogen) atoms. The maximum absolute atomic E-state index is 6.35. The Morgan fingerprint density at radius 3 is 0.842 bits per heavy atom. The number of hydrogen-bond donors (Lipinski definition) is 0. The van der Waals surface area contributed by atoms with Crippen molar-refractivity contribution in [3.8, 4) is 0 Å². The van der Waals surface area contributed by atoms with Gasteiger partial charge in [0.15, 0.2) is 0 Å². The minimum atomic E-state index is -2.85. The van der Waals surface area contributed by atoms with Gasteiger partial charge in [0.2, 0.25) is 0 Å². The van der Waals surface area contributed by atoms with Crippen LogP contribution in [0.5, 0.6) is 0 Å². The van der Waals surface area contributed by atoms with E-state index in [4.69, 9.17) is 26.6 Å². The van der Waals surface area contributed by atoms with Crippen LogP contribution in [0.25, 0.3) is 0 Å². The third-order valence-electron chi connectivity index (χ3n) is 7.60. The third kappa shape index (κ3) is 6.53. The van der Waals surface area contributed by atoms with E-state index in [9.17, 15) is 0 Å². The molecular weight excluding hydrogens is 545 g/mol. The lowest BCUT2D eigenvalue weighted by Crippen LogP contribution is -2.61. The number of rotatable bonds is 15. The van der Waals surface area contributed by atoms with E-state index in [1.54, 1.807) is 42.7 Å². The molecule has 0 radical (unpaired) electrons. The van der Waals surface area contributed by atoms with Gasteiger partial charge in [-0.3, -0.25) is 0 Å². The summed E-state index contributed by atoms with van der Waals surface area (Å²) in [6, 6.07) is 33.2. The van der Waals surface area contributed by atoms with Crippen molar-refractivity contribution in [2.45, 2.75) is 23.2 Å². The molecule has 0 unspecified atom stereocenters. The van der Waals surface area contributed by atoms with Crippen LogP contribution in [0.2, 0.25) is 23.2 Å². The fraction of sp³-hybridized carbons (Fsp3) is 0.357. The molecular formula is C28H42O6Si4. The zero-order valence-corrected chi connectivity index (χ0v) is 28.7. The molecule has 0 amide bonds. The molecule has 0 heterocycles. The smallest absolute Gasteiger partial charge is 0.372 e. The van der Waals surface area contributed by atoms with Crippen LogP contribution in [0.4, 0.5) is 0 Å². The van der Waals surface area contributed by atoms with Crippen LogP contribution in [0.3, 0.4) is 0 Å². The van der Waals surface area contributed by atoms with E-state index in [-0.39, 0.29) is 5.04 Å². The lowest BCUT2D eigenvalue weighted by Gasteiger charge is -2.45. The van der Waals surface area contributed by atoms with Gasteiger partial charge < -0.3 is 26.6 Å². The minimum absolute atomic E-state index is 0.254. The predicted molar refractivity (Wildman–Crippen MR) is 165 cm³/mol. The normalized spacial score (nSPS) is 13.1. The molecule has 3 aromatic carbocycles. The second-order valence-electron chi connectivity index (χ2n) is 9.92. The zero-order valence-electron chi connectivity index (χ0n) is 23.7. The monoisotopic (exact) mass is 586 g/mol. The maximum atomic E-state index is 6.35. The first-order valence-corrected chi connectivity index (χ1v) is 19.8. The highest BCUT2D eigenvalue weighted by Crippen LogP contribution is 2.48. The lowest BCUT2D eigenvalue weighted by molar-refractivity contribution is 0.231. The molecule has 3 rings (SSSR count). The second-order valence-corrected chi connectivity index (χ2v) is 21.8. The quantitative estimate of drug-likeness (QED) is 0.255. The maximum Gasteiger partial charge on any atom is 0.372 e. The van der Waals surface area contributed by atoms with Crippen molar-refractivity contribution < 1.29 is 26.6 Å². The van der Waals surface area contributed by atoms with Crippen LogP contribution in [-0.2, 0) is 26.6 Å². The lowest BCUT2D eigenvalue weighted by atomic mass is 10.2. The van der Waals surface area contributed by atoms with Gasteiger partial charge in [-0.15, -0.1) is 0 Å². The Morgan fingerprint density at radius 2 is 0.658 bits per heavy atom. The van der Waals surface area contributed by atoms with Crippen molar-refractivity contribution in [3.63, 3.8) is 0 Å². The van der Waals surface area contributed by atoms with Crippen molar-refractivity contribution >= 4 is 51.5 Å². The zero-order chi connectivity index (χ0) is 27.7. The highest BCUT2D eigenvalue weighted by molar-refractivity contribution is 6.86. The van der Waals surface area contributed by atoms with Crippen LogP contribution in [-0.4, -0.2) is 78.6 Å². The van der Waals surface area contributed by atoms with Crippen LogP contribution in [0.1, 0.15) is 0 Å². The molecule has 0 aliphatic heterocycles. The van der Waals surface area contributed by atoms with E-state index in [1.807, 2.05) is 54.6 Å². The van der Waals surface area contributed by atoms with Gasteiger partial charge in [0, 0.05) is 52.9 Å². The first-order valence-electron chi connectivity index (χ1n) is 12.8. The van der Waals surface area contributed by atoms with Gasteiger partial charge in [-0.25, -0.2) is 0 Å². The van der Waals surface area contributed by atoms with E-state index >= 15 is 0 Å². The second kappa shape index (κ2) is 13.6. The molecule has 0 atom stereocenters. The van der Waals surface area contributed by atoms with Crippen LogP contribution in [0, 0.1) is 0 Å². The first kappa shape index (κ1) is 30.8. The summed E-state index contributed by atoms with van der Waals surface area (Å²) < 4.78 is 38.1. The molecule has 0 N–H and O–H groups in total. The summed E-state index contributed by atoms with van der Waals surface area (Å²) in [6.45, 7) is 0. The largest absolute Gasteiger partial charge is 0.394 e. The topological polar surface area (TPSA) is 55.4 Å². The molecule has 0 aromatic heterocycles. The van der Waals surface area contributed by atoms with Gasteiger partial charge in [-0.05, 0) is 38.7 Å². The first-order chi connectivity index (χ1) is 18.3. The summed E-state index contributed by atoms with van der Waals surface area (Å²) in [7, 11) is 2.89. The number of benzene rings is 3. The molecule has 0 saturated heterocycles. The molecule has 3 aromatic rings. The highest BCUT2D eigenvalue weighted by atomic mass is 28.4. The van der Waals surface area contributed by atoms with Gasteiger partial charge >= 0.3 is 25.7 Å². The summed E-state index contributed by atoms with van der Waals surface area (Å²) >= 11 is 0. The van der Waals surface area contributed by atoms with Crippen molar-refractivity contribution in [1.82, 2.24) is 0 Å². The Balaban J connectivity index is 2.19. The van der Waals surface area contributed by atoms with Crippen molar-refractivity contribution in [1.29, 1.82) is 0 Å². The third-order valence-corrected chi connectivity index (χ3v) is 22.3. The molecule has 6 nitrogen and oxygen atoms in total. The van der Waals surface area contributed by atoms with E-state index in [2.05, 4.69) is 36.4 Å². The van der Waals surface area contributed by atoms with Crippen LogP contribution < -0.4 is 15.6 Å². The highest BCUT2D eigenvalue weighted by Gasteiger charge is 2.55. The van der Waals surface area contributed by atoms with E-state index in [0.717, 1.165) is 43.9 Å². The minimum Gasteiger partial charge on any atom is -0.394 e. The fourth-order valence-corrected chi connectivity index (χ4v) is 20.2. The standard InChI is InChI=1S/C28H42O6Si4/c1-29-36(30-2,25-16-10-7-11-17-25)22-28(35,23-37(31-3,32-4)26-18-12-8-13-19-26)24-38(33-5,34-6)27-20-14-9-15-21-27/h7-21H,22-24H2,1-6,35H3. The molecule has 0 aliphatic rings. The van der Waals surface area contributed by atoms with E-state index in [1.165, 1.54) is 0 Å².